The van der Waals surface area contributed by atoms with Crippen LogP contribution in [0.3, 0.4) is 0 Å². The Bertz CT molecular complexity index is 1070. The van der Waals surface area contributed by atoms with Crippen LogP contribution in [0.2, 0.25) is 0 Å². The van der Waals surface area contributed by atoms with E-state index in [2.05, 4.69) is 20.8 Å². The number of hydrogen-bond donors (Lipinski definition) is 3. The smallest absolute Gasteiger partial charge is 0.352 e. The molecule has 0 radical (unpaired) electrons. The van der Waals surface area contributed by atoms with E-state index in [9.17, 15) is 19.5 Å². The Kier molecular flexibility index (Phi) is 6.48. The van der Waals surface area contributed by atoms with Crippen LogP contribution in [0.1, 0.15) is 18.5 Å². The normalized spacial score (nSPS) is 21.1. The average molecular weight is 476 g/mol. The molecular weight excluding hydrogens is 454 g/mol. The van der Waals surface area contributed by atoms with Gasteiger partial charge in [0.05, 0.1) is 0 Å². The molecule has 1 aromatic carbocycles. The second kappa shape index (κ2) is 9.30. The van der Waals surface area contributed by atoms with Crippen LogP contribution in [0.15, 0.2) is 46.8 Å². The van der Waals surface area contributed by atoms with Gasteiger partial charge in [-0.3, -0.25) is 14.5 Å². The van der Waals surface area contributed by atoms with Crippen molar-refractivity contribution in [3.63, 3.8) is 0 Å². The van der Waals surface area contributed by atoms with Crippen LogP contribution >= 0.6 is 23.5 Å². The summed E-state index contributed by atoms with van der Waals surface area (Å²) in [6.45, 7) is 2.49. The SMILES string of the molecule is CCn1nnnc1SCC1=C(C(=O)O)N2C(=O)C(NC(=O)C(N)c3ccccc3)[C@@H]2SC1. The van der Waals surface area contributed by atoms with Gasteiger partial charge in [-0.15, -0.1) is 16.9 Å². The predicted molar refractivity (Wildman–Crippen MR) is 117 cm³/mol. The van der Waals surface area contributed by atoms with E-state index in [0.717, 1.165) is 0 Å². The Balaban J connectivity index is 1.46. The number of benzene rings is 1. The number of carboxylic acid groups (broad SMARTS) is 1. The van der Waals surface area contributed by atoms with Crippen LogP contribution in [-0.2, 0) is 20.9 Å². The van der Waals surface area contributed by atoms with Gasteiger partial charge in [0.15, 0.2) is 0 Å². The molecule has 168 valence electrons. The highest BCUT2D eigenvalue weighted by Gasteiger charge is 2.54. The van der Waals surface area contributed by atoms with Crippen LogP contribution < -0.4 is 11.1 Å². The van der Waals surface area contributed by atoms with Crippen LogP contribution in [0.4, 0.5) is 0 Å². The number of nitrogens with two attached hydrogens (primary N) is 1. The van der Waals surface area contributed by atoms with Crippen molar-refractivity contribution in [2.45, 2.75) is 36.1 Å². The molecule has 4 N–H and O–H groups in total. The molecule has 13 heteroatoms. The van der Waals surface area contributed by atoms with Crippen molar-refractivity contribution in [3.05, 3.63) is 47.2 Å². The van der Waals surface area contributed by atoms with E-state index in [0.29, 0.717) is 34.3 Å². The van der Waals surface area contributed by atoms with Gasteiger partial charge in [0.25, 0.3) is 5.91 Å². The second-order valence-corrected chi connectivity index (χ2v) is 9.16. The summed E-state index contributed by atoms with van der Waals surface area (Å²) in [7, 11) is 0. The van der Waals surface area contributed by atoms with E-state index in [1.807, 2.05) is 13.0 Å². The number of carbonyl (C=O) groups excluding carboxylic acids is 2. The lowest BCUT2D eigenvalue weighted by atomic mass is 10.0. The lowest BCUT2D eigenvalue weighted by Gasteiger charge is -2.49. The average Bonchev–Trinajstić information content (AvgIpc) is 3.27. The number of aliphatic carboxylic acids is 1. The minimum Gasteiger partial charge on any atom is -0.477 e. The van der Waals surface area contributed by atoms with Crippen molar-refractivity contribution in [1.82, 2.24) is 30.4 Å². The van der Waals surface area contributed by atoms with E-state index in [4.69, 9.17) is 5.73 Å². The number of nitrogens with zero attached hydrogens (tertiary/aromatic N) is 5. The highest BCUT2D eigenvalue weighted by Crippen LogP contribution is 2.41. The molecule has 2 unspecified atom stereocenters. The summed E-state index contributed by atoms with van der Waals surface area (Å²) >= 11 is 2.72. The molecule has 2 aliphatic rings. The number of aryl methyl sites for hydroxylation is 1. The Hall–Kier alpha value is -2.90. The summed E-state index contributed by atoms with van der Waals surface area (Å²) in [4.78, 5) is 38.6. The molecule has 1 saturated heterocycles. The van der Waals surface area contributed by atoms with Crippen molar-refractivity contribution in [1.29, 1.82) is 0 Å². The second-order valence-electron chi connectivity index (χ2n) is 7.11. The number of fused-ring (bicyclic) bond motifs is 1. The Morgan fingerprint density at radius 1 is 1.38 bits per heavy atom. The summed E-state index contributed by atoms with van der Waals surface area (Å²) in [5, 5.41) is 24.0. The summed E-state index contributed by atoms with van der Waals surface area (Å²) < 4.78 is 1.61. The topological polar surface area (TPSA) is 156 Å². The number of carbonyl (C=O) groups is 3. The van der Waals surface area contributed by atoms with Crippen LogP contribution in [0.25, 0.3) is 0 Å². The summed E-state index contributed by atoms with van der Waals surface area (Å²) in [5.74, 6) is -1.38. The van der Waals surface area contributed by atoms with Gasteiger partial charge >= 0.3 is 5.97 Å². The molecule has 3 atom stereocenters. The number of aromatic nitrogens is 4. The molecule has 11 nitrogen and oxygen atoms in total. The maximum atomic E-state index is 12.8. The monoisotopic (exact) mass is 475 g/mol. The van der Waals surface area contributed by atoms with E-state index in [1.165, 1.54) is 28.4 Å². The third-order valence-corrected chi connectivity index (χ3v) is 7.55. The van der Waals surface area contributed by atoms with Gasteiger partial charge in [-0.05, 0) is 28.5 Å². The summed E-state index contributed by atoms with van der Waals surface area (Å²) in [6.07, 6.45) is 0. The number of amides is 2. The summed E-state index contributed by atoms with van der Waals surface area (Å²) in [5.41, 5.74) is 7.21. The fourth-order valence-electron chi connectivity index (χ4n) is 3.50. The third-order valence-electron chi connectivity index (χ3n) is 5.16. The van der Waals surface area contributed by atoms with E-state index < -0.39 is 35.2 Å². The van der Waals surface area contributed by atoms with Crippen LogP contribution in [-0.4, -0.2) is 70.9 Å². The largest absolute Gasteiger partial charge is 0.477 e. The zero-order chi connectivity index (χ0) is 22.8. The Morgan fingerprint density at radius 2 is 2.12 bits per heavy atom. The number of thioether (sulfide) groups is 2. The number of carboxylic acids is 1. The quantitative estimate of drug-likeness (QED) is 0.356. The van der Waals surface area contributed by atoms with Crippen LogP contribution in [0, 0.1) is 0 Å². The minimum absolute atomic E-state index is 0.0420. The number of tetrazole rings is 1. The minimum atomic E-state index is -1.18. The Labute approximate surface area is 191 Å². The molecule has 2 aliphatic heterocycles. The van der Waals surface area contributed by atoms with Gasteiger partial charge in [0, 0.05) is 18.1 Å². The third kappa shape index (κ3) is 4.10. The van der Waals surface area contributed by atoms with Gasteiger partial charge in [-0.25, -0.2) is 9.48 Å². The number of nitrogens with one attached hydrogen (secondary N) is 1. The molecular formula is C19H21N7O4S2. The molecule has 0 saturated carbocycles. The van der Waals surface area contributed by atoms with E-state index in [-0.39, 0.29) is 5.70 Å². The number of rotatable bonds is 8. The lowest BCUT2D eigenvalue weighted by molar-refractivity contribution is -0.150. The molecule has 32 heavy (non-hydrogen) atoms. The zero-order valence-corrected chi connectivity index (χ0v) is 18.7. The first kappa shape index (κ1) is 22.3. The highest BCUT2D eigenvalue weighted by molar-refractivity contribution is 8.01. The molecule has 0 spiro atoms. The molecule has 0 aliphatic carbocycles. The molecule has 2 amide bonds. The predicted octanol–water partition coefficient (Wildman–Crippen LogP) is 0.224. The molecule has 3 heterocycles. The molecule has 1 aromatic heterocycles. The standard InChI is InChI=1S/C19H21N7O4S2/c1-2-25-19(22-23-24-25)32-9-11-8-31-17-13(16(28)26(17)14(11)18(29)30)21-15(27)12(20)10-6-4-3-5-7-10/h3-7,12-13,17H,2,8-9,20H2,1H3,(H,21,27)(H,29,30)/t12?,13?,17-/m0/s1. The van der Waals surface area contributed by atoms with Gasteiger partial charge in [0.2, 0.25) is 11.1 Å². The van der Waals surface area contributed by atoms with Crippen molar-refractivity contribution in [3.8, 4) is 0 Å². The number of β-lactam (4-membered cyclic amide) rings is 1. The molecule has 4 rings (SSSR count). The van der Waals surface area contributed by atoms with Crippen molar-refractivity contribution in [2.75, 3.05) is 11.5 Å². The maximum absolute atomic E-state index is 12.8. The molecule has 2 aromatic rings. The van der Waals surface area contributed by atoms with Crippen molar-refractivity contribution < 1.29 is 19.5 Å². The highest BCUT2D eigenvalue weighted by atomic mass is 32.2. The van der Waals surface area contributed by atoms with Crippen molar-refractivity contribution in [2.24, 2.45) is 5.73 Å². The molecule has 0 bridgehead atoms. The zero-order valence-electron chi connectivity index (χ0n) is 17.0. The van der Waals surface area contributed by atoms with Gasteiger partial charge < -0.3 is 16.2 Å². The van der Waals surface area contributed by atoms with E-state index >= 15 is 0 Å². The maximum Gasteiger partial charge on any atom is 0.352 e. The fraction of sp³-hybridized carbons (Fsp3) is 0.368. The van der Waals surface area contributed by atoms with Gasteiger partial charge in [0.1, 0.15) is 23.2 Å². The molecule has 1 fully saturated rings. The lowest BCUT2D eigenvalue weighted by Crippen LogP contribution is -2.71. The first-order chi connectivity index (χ1) is 15.4. The first-order valence-corrected chi connectivity index (χ1v) is 11.9. The fourth-order valence-corrected chi connectivity index (χ4v) is 5.93. The van der Waals surface area contributed by atoms with Gasteiger partial charge in [-0.1, -0.05) is 42.1 Å². The first-order valence-electron chi connectivity index (χ1n) is 9.82. The summed E-state index contributed by atoms with van der Waals surface area (Å²) in [6, 6.07) is 7.10. The Morgan fingerprint density at radius 3 is 2.81 bits per heavy atom. The van der Waals surface area contributed by atoms with Gasteiger partial charge in [-0.2, -0.15) is 0 Å². The van der Waals surface area contributed by atoms with E-state index in [1.54, 1.807) is 28.9 Å². The van der Waals surface area contributed by atoms with Crippen molar-refractivity contribution >= 4 is 41.3 Å². The van der Waals surface area contributed by atoms with Crippen LogP contribution in [0.5, 0.6) is 0 Å². The number of hydrogen-bond acceptors (Lipinski definition) is 9.